The molecule has 0 saturated carbocycles. The number of methoxy groups -OCH3 is 1. The van der Waals surface area contributed by atoms with Crippen LogP contribution in [0.15, 0.2) is 17.1 Å². The third-order valence-corrected chi connectivity index (χ3v) is 2.17. The second-order valence-corrected chi connectivity index (χ2v) is 3.01. The summed E-state index contributed by atoms with van der Waals surface area (Å²) < 4.78 is 6.72. The summed E-state index contributed by atoms with van der Waals surface area (Å²) in [5.74, 6) is 0.335. The van der Waals surface area contributed by atoms with E-state index in [0.29, 0.717) is 23.5 Å². The molecule has 2 heterocycles. The predicted octanol–water partition coefficient (Wildman–Crippen LogP) is 0.620. The molecule has 0 fully saturated rings. The lowest BCUT2D eigenvalue weighted by Crippen LogP contribution is -2.10. The van der Waals surface area contributed by atoms with E-state index >= 15 is 0 Å². The molecule has 5 heteroatoms. The molecular weight excluding hydrogens is 194 g/mol. The first-order valence-corrected chi connectivity index (χ1v) is 4.58. The molecule has 0 N–H and O–H groups in total. The molecule has 0 spiro atoms. The van der Waals surface area contributed by atoms with Crippen LogP contribution in [0.3, 0.4) is 0 Å². The second kappa shape index (κ2) is 3.68. The van der Waals surface area contributed by atoms with Gasteiger partial charge in [-0.3, -0.25) is 4.79 Å². The summed E-state index contributed by atoms with van der Waals surface area (Å²) in [4.78, 5) is 11.5. The van der Waals surface area contributed by atoms with E-state index in [1.807, 2.05) is 11.5 Å². The van der Waals surface area contributed by atoms with Crippen molar-refractivity contribution >= 4 is 11.0 Å². The van der Waals surface area contributed by atoms with Gasteiger partial charge in [0.1, 0.15) is 0 Å². The summed E-state index contributed by atoms with van der Waals surface area (Å²) >= 11 is 0. The van der Waals surface area contributed by atoms with Gasteiger partial charge in [-0.05, 0) is 6.92 Å². The Morgan fingerprint density at radius 1 is 1.53 bits per heavy atom. The number of aromatic nitrogens is 3. The molecule has 77 valence electrons. The Hall–Kier alpha value is -1.91. The van der Waals surface area contributed by atoms with E-state index in [4.69, 9.17) is 4.74 Å². The van der Waals surface area contributed by atoms with Crippen molar-refractivity contribution in [2.24, 2.45) is 0 Å². The van der Waals surface area contributed by atoms with Crippen molar-refractivity contribution in [2.45, 2.75) is 13.5 Å². The SMILES string of the molecule is CCn1c[c]c(=O)c2cc(OC)nnc21. The summed E-state index contributed by atoms with van der Waals surface area (Å²) in [6, 6.07) is 4.21. The lowest BCUT2D eigenvalue weighted by atomic mass is 10.3. The first-order valence-electron chi connectivity index (χ1n) is 4.58. The zero-order chi connectivity index (χ0) is 10.8. The molecule has 2 aromatic rings. The van der Waals surface area contributed by atoms with E-state index < -0.39 is 0 Å². The highest BCUT2D eigenvalue weighted by Crippen LogP contribution is 2.11. The number of hydrogen-bond donors (Lipinski definition) is 0. The van der Waals surface area contributed by atoms with Gasteiger partial charge >= 0.3 is 0 Å². The highest BCUT2D eigenvalue weighted by molar-refractivity contribution is 5.74. The molecule has 0 aliphatic carbocycles. The van der Waals surface area contributed by atoms with E-state index in [9.17, 15) is 4.79 Å². The van der Waals surface area contributed by atoms with Crippen LogP contribution < -0.4 is 10.2 Å². The van der Waals surface area contributed by atoms with Crippen LogP contribution >= 0.6 is 0 Å². The fraction of sp³-hybridized carbons (Fsp3) is 0.300. The van der Waals surface area contributed by atoms with Crippen molar-refractivity contribution in [2.75, 3.05) is 7.11 Å². The van der Waals surface area contributed by atoms with Crippen molar-refractivity contribution in [1.29, 1.82) is 0 Å². The second-order valence-electron chi connectivity index (χ2n) is 3.01. The van der Waals surface area contributed by atoms with E-state index in [2.05, 4.69) is 16.3 Å². The van der Waals surface area contributed by atoms with Gasteiger partial charge in [-0.15, -0.1) is 10.2 Å². The summed E-state index contributed by atoms with van der Waals surface area (Å²) in [5, 5.41) is 8.26. The first-order chi connectivity index (χ1) is 7.26. The topological polar surface area (TPSA) is 57.0 Å². The van der Waals surface area contributed by atoms with E-state index in [1.54, 1.807) is 12.3 Å². The van der Waals surface area contributed by atoms with Crippen LogP contribution in [-0.2, 0) is 6.54 Å². The van der Waals surface area contributed by atoms with Crippen molar-refractivity contribution in [3.05, 3.63) is 28.6 Å². The highest BCUT2D eigenvalue weighted by Gasteiger charge is 2.05. The first kappa shape index (κ1) is 9.64. The van der Waals surface area contributed by atoms with Gasteiger partial charge in [-0.25, -0.2) is 0 Å². The smallest absolute Gasteiger partial charge is 0.234 e. The summed E-state index contributed by atoms with van der Waals surface area (Å²) in [6.45, 7) is 2.68. The van der Waals surface area contributed by atoms with Gasteiger partial charge in [-0.1, -0.05) is 0 Å². The zero-order valence-electron chi connectivity index (χ0n) is 8.52. The standard InChI is InChI=1S/C10H10N3O2/c1-3-13-5-4-8(14)7-6-9(15-2)11-12-10(7)13/h5-6H,3H2,1-2H3. The molecule has 0 unspecified atom stereocenters. The number of aryl methyl sites for hydroxylation is 1. The van der Waals surface area contributed by atoms with Crippen molar-refractivity contribution < 1.29 is 4.74 Å². The normalized spacial score (nSPS) is 10.5. The van der Waals surface area contributed by atoms with E-state index in [-0.39, 0.29) is 5.43 Å². The number of pyridine rings is 1. The molecule has 2 rings (SSSR count). The number of rotatable bonds is 2. The van der Waals surface area contributed by atoms with Crippen LogP contribution in [0.5, 0.6) is 5.88 Å². The zero-order valence-corrected chi connectivity index (χ0v) is 8.52. The van der Waals surface area contributed by atoms with Crippen molar-refractivity contribution in [1.82, 2.24) is 14.8 Å². The summed E-state index contributed by atoms with van der Waals surface area (Å²) in [7, 11) is 1.49. The Morgan fingerprint density at radius 3 is 3.00 bits per heavy atom. The maximum absolute atomic E-state index is 11.5. The average molecular weight is 204 g/mol. The minimum absolute atomic E-state index is 0.192. The molecule has 0 saturated heterocycles. The van der Waals surface area contributed by atoms with Crippen LogP contribution in [-0.4, -0.2) is 21.9 Å². The van der Waals surface area contributed by atoms with Gasteiger partial charge < -0.3 is 9.30 Å². The Balaban J connectivity index is 2.81. The van der Waals surface area contributed by atoms with Crippen molar-refractivity contribution in [3.63, 3.8) is 0 Å². The Morgan fingerprint density at radius 2 is 2.33 bits per heavy atom. The molecule has 0 amide bonds. The van der Waals surface area contributed by atoms with Crippen LogP contribution in [0.4, 0.5) is 0 Å². The Labute approximate surface area is 86.3 Å². The largest absolute Gasteiger partial charge is 0.480 e. The molecule has 0 aromatic carbocycles. The fourth-order valence-corrected chi connectivity index (χ4v) is 1.36. The maximum Gasteiger partial charge on any atom is 0.234 e. The maximum atomic E-state index is 11.5. The van der Waals surface area contributed by atoms with Crippen LogP contribution in [0.2, 0.25) is 0 Å². The molecule has 2 aromatic heterocycles. The van der Waals surface area contributed by atoms with Gasteiger partial charge in [0.05, 0.1) is 18.6 Å². The molecule has 0 atom stereocenters. The van der Waals surface area contributed by atoms with Crippen molar-refractivity contribution in [3.8, 4) is 5.88 Å². The van der Waals surface area contributed by atoms with Crippen LogP contribution in [0.1, 0.15) is 6.92 Å². The minimum Gasteiger partial charge on any atom is -0.480 e. The number of ether oxygens (including phenoxy) is 1. The molecule has 0 aliphatic heterocycles. The monoisotopic (exact) mass is 204 g/mol. The quantitative estimate of drug-likeness (QED) is 0.719. The number of nitrogens with zero attached hydrogens (tertiary/aromatic N) is 3. The van der Waals surface area contributed by atoms with Crippen LogP contribution in [0, 0.1) is 6.07 Å². The van der Waals surface area contributed by atoms with Crippen LogP contribution in [0.25, 0.3) is 11.0 Å². The molecule has 15 heavy (non-hydrogen) atoms. The van der Waals surface area contributed by atoms with Gasteiger partial charge in [0.2, 0.25) is 5.88 Å². The molecule has 5 nitrogen and oxygen atoms in total. The number of hydrogen-bond acceptors (Lipinski definition) is 4. The van der Waals surface area contributed by atoms with E-state index in [1.165, 1.54) is 7.11 Å². The third kappa shape index (κ3) is 1.56. The fourth-order valence-electron chi connectivity index (χ4n) is 1.36. The third-order valence-electron chi connectivity index (χ3n) is 2.17. The summed E-state index contributed by atoms with van der Waals surface area (Å²) in [5.41, 5.74) is 0.366. The molecule has 0 aliphatic rings. The highest BCUT2D eigenvalue weighted by atomic mass is 16.5. The molecule has 0 bridgehead atoms. The lowest BCUT2D eigenvalue weighted by Gasteiger charge is -2.06. The molecule has 1 radical (unpaired) electrons. The Bertz CT molecular complexity index is 548. The van der Waals surface area contributed by atoms with Gasteiger partial charge in [0.15, 0.2) is 11.1 Å². The van der Waals surface area contributed by atoms with Gasteiger partial charge in [0.25, 0.3) is 0 Å². The minimum atomic E-state index is -0.192. The van der Waals surface area contributed by atoms with E-state index in [0.717, 1.165) is 0 Å². The lowest BCUT2D eigenvalue weighted by molar-refractivity contribution is 0.393. The Kier molecular flexibility index (Phi) is 2.37. The number of fused-ring (bicyclic) bond motifs is 1. The molecular formula is C10H10N3O2. The van der Waals surface area contributed by atoms with Gasteiger partial charge in [-0.2, -0.15) is 0 Å². The van der Waals surface area contributed by atoms with Gasteiger partial charge in [0, 0.05) is 18.8 Å². The predicted molar refractivity (Wildman–Crippen MR) is 54.9 cm³/mol. The average Bonchev–Trinajstić information content (AvgIpc) is 2.29. The summed E-state index contributed by atoms with van der Waals surface area (Å²) in [6.07, 6.45) is 1.59.